The van der Waals surface area contributed by atoms with Crippen LogP contribution in [0.3, 0.4) is 0 Å². The van der Waals surface area contributed by atoms with Crippen molar-refractivity contribution in [3.8, 4) is 33.3 Å². The first-order chi connectivity index (χ1) is 18.9. The van der Waals surface area contributed by atoms with E-state index in [1.807, 2.05) is 39.2 Å². The van der Waals surface area contributed by atoms with Gasteiger partial charge in [0.25, 0.3) is 0 Å². The van der Waals surface area contributed by atoms with Crippen molar-refractivity contribution in [2.24, 2.45) is 0 Å². The Morgan fingerprint density at radius 3 is 2.69 bits per heavy atom. The van der Waals surface area contributed by atoms with Crippen LogP contribution < -0.4 is 5.32 Å². The SMILES string of the molecule is C=C(CN(C)C)Nc1cncc(-c2cc3c(-c4nc5c(-c6ccc(C(=C)C)s6)nccc5[nH]4)n[nH]c3cn2)c1. The minimum absolute atomic E-state index is 0.660. The molecule has 9 nitrogen and oxygen atoms in total. The maximum atomic E-state index is 4.94. The highest BCUT2D eigenvalue weighted by Crippen LogP contribution is 2.35. The van der Waals surface area contributed by atoms with Crippen molar-refractivity contribution < 1.29 is 0 Å². The Labute approximate surface area is 229 Å². The maximum absolute atomic E-state index is 4.94. The molecule has 0 aliphatic rings. The molecule has 0 aliphatic carbocycles. The van der Waals surface area contributed by atoms with E-state index >= 15 is 0 Å². The van der Waals surface area contributed by atoms with Crippen molar-refractivity contribution in [1.82, 2.24) is 40.0 Å². The van der Waals surface area contributed by atoms with Gasteiger partial charge in [-0.3, -0.25) is 20.1 Å². The Hall–Kier alpha value is -4.67. The van der Waals surface area contributed by atoms with Crippen LogP contribution in [0.1, 0.15) is 11.8 Å². The average Bonchev–Trinajstić information content (AvgIpc) is 3.65. The van der Waals surface area contributed by atoms with Crippen molar-refractivity contribution in [1.29, 1.82) is 0 Å². The summed E-state index contributed by atoms with van der Waals surface area (Å²) < 4.78 is 0. The highest BCUT2D eigenvalue weighted by Gasteiger charge is 2.18. The van der Waals surface area contributed by atoms with Crippen LogP contribution in [0.25, 0.3) is 60.9 Å². The van der Waals surface area contributed by atoms with Crippen molar-refractivity contribution >= 4 is 44.5 Å². The van der Waals surface area contributed by atoms with Gasteiger partial charge in [-0.1, -0.05) is 13.2 Å². The highest BCUT2D eigenvalue weighted by molar-refractivity contribution is 7.16. The molecule has 6 rings (SSSR count). The maximum Gasteiger partial charge on any atom is 0.159 e. The first kappa shape index (κ1) is 24.7. The summed E-state index contributed by atoms with van der Waals surface area (Å²) in [7, 11) is 4.01. The summed E-state index contributed by atoms with van der Waals surface area (Å²) in [6.07, 6.45) is 7.16. The smallest absolute Gasteiger partial charge is 0.159 e. The number of nitrogens with zero attached hydrogens (tertiary/aromatic N) is 6. The lowest BCUT2D eigenvalue weighted by Crippen LogP contribution is -2.18. The van der Waals surface area contributed by atoms with Crippen LogP contribution in [0.15, 0.2) is 74.0 Å². The molecule has 0 amide bonds. The molecule has 0 saturated carbocycles. The number of hydrogen-bond donors (Lipinski definition) is 3. The molecule has 0 spiro atoms. The molecule has 0 aromatic carbocycles. The molecule has 0 aliphatic heterocycles. The molecule has 194 valence electrons. The van der Waals surface area contributed by atoms with Gasteiger partial charge >= 0.3 is 0 Å². The number of pyridine rings is 3. The zero-order valence-corrected chi connectivity index (χ0v) is 22.7. The van der Waals surface area contributed by atoms with E-state index in [9.17, 15) is 0 Å². The van der Waals surface area contributed by atoms with Gasteiger partial charge < -0.3 is 15.2 Å². The fourth-order valence-corrected chi connectivity index (χ4v) is 5.38. The number of rotatable bonds is 8. The average molecular weight is 534 g/mol. The summed E-state index contributed by atoms with van der Waals surface area (Å²) in [6, 6.07) is 10.1. The summed E-state index contributed by atoms with van der Waals surface area (Å²) in [6.45, 7) is 10.9. The van der Waals surface area contributed by atoms with Gasteiger partial charge in [0.1, 0.15) is 16.9 Å². The van der Waals surface area contributed by atoms with Crippen LogP contribution in [0, 0.1) is 0 Å². The molecule has 3 N–H and O–H groups in total. The Morgan fingerprint density at radius 1 is 1.03 bits per heavy atom. The number of hydrogen-bond acceptors (Lipinski definition) is 8. The molecule has 0 saturated heterocycles. The Balaban J connectivity index is 1.37. The van der Waals surface area contributed by atoms with Gasteiger partial charge in [-0.25, -0.2) is 4.98 Å². The van der Waals surface area contributed by atoms with Crippen LogP contribution in [0.2, 0.25) is 0 Å². The number of aromatic nitrogens is 7. The number of fused-ring (bicyclic) bond motifs is 2. The van der Waals surface area contributed by atoms with Gasteiger partial charge in [-0.15, -0.1) is 11.3 Å². The molecule has 6 aromatic heterocycles. The number of aromatic amines is 2. The molecule has 0 atom stereocenters. The summed E-state index contributed by atoms with van der Waals surface area (Å²) in [5.41, 5.74) is 8.50. The molecule has 0 radical (unpaired) electrons. The van der Waals surface area contributed by atoms with E-state index in [4.69, 9.17) is 4.98 Å². The van der Waals surface area contributed by atoms with Crippen LogP contribution >= 0.6 is 11.3 Å². The summed E-state index contributed by atoms with van der Waals surface area (Å²) in [5.74, 6) is 0.660. The lowest BCUT2D eigenvalue weighted by atomic mass is 10.1. The third-order valence-corrected chi connectivity index (χ3v) is 7.45. The molecule has 0 unspecified atom stereocenters. The number of nitrogens with one attached hydrogen (secondary N) is 3. The van der Waals surface area contributed by atoms with E-state index < -0.39 is 0 Å². The zero-order valence-electron chi connectivity index (χ0n) is 21.9. The minimum Gasteiger partial charge on any atom is -0.357 e. The molecule has 6 aromatic rings. The quantitative estimate of drug-likeness (QED) is 0.213. The minimum atomic E-state index is 0.660. The van der Waals surface area contributed by atoms with Gasteiger partial charge in [0.15, 0.2) is 5.82 Å². The van der Waals surface area contributed by atoms with E-state index in [0.717, 1.165) is 72.1 Å². The second-order valence-electron chi connectivity index (χ2n) is 9.70. The van der Waals surface area contributed by atoms with Crippen molar-refractivity contribution in [3.63, 3.8) is 0 Å². The van der Waals surface area contributed by atoms with Gasteiger partial charge in [0.05, 0.1) is 39.7 Å². The van der Waals surface area contributed by atoms with Gasteiger partial charge in [-0.05, 0) is 56.9 Å². The van der Waals surface area contributed by atoms with E-state index in [-0.39, 0.29) is 0 Å². The third kappa shape index (κ3) is 4.83. The number of H-pyrrole nitrogens is 2. The van der Waals surface area contributed by atoms with Crippen LogP contribution in [-0.4, -0.2) is 60.7 Å². The van der Waals surface area contributed by atoms with Crippen LogP contribution in [-0.2, 0) is 0 Å². The van der Waals surface area contributed by atoms with E-state index in [0.29, 0.717) is 11.5 Å². The number of thiophene rings is 1. The lowest BCUT2D eigenvalue weighted by Gasteiger charge is -2.14. The second-order valence-corrected chi connectivity index (χ2v) is 10.8. The monoisotopic (exact) mass is 533 g/mol. The Kier molecular flexibility index (Phi) is 6.26. The van der Waals surface area contributed by atoms with Crippen molar-refractivity contribution in [2.45, 2.75) is 6.92 Å². The predicted molar refractivity (Wildman–Crippen MR) is 159 cm³/mol. The number of imidazole rings is 1. The molecule has 10 heteroatoms. The number of anilines is 1. The normalized spacial score (nSPS) is 11.5. The fraction of sp³-hybridized carbons (Fsp3) is 0.138. The Morgan fingerprint density at radius 2 is 1.90 bits per heavy atom. The zero-order chi connectivity index (χ0) is 27.1. The third-order valence-electron chi connectivity index (χ3n) is 6.19. The fourth-order valence-electron chi connectivity index (χ4n) is 4.45. The van der Waals surface area contributed by atoms with Crippen molar-refractivity contribution in [3.05, 3.63) is 78.9 Å². The molecule has 0 fully saturated rings. The molecule has 6 heterocycles. The topological polar surface area (TPSA) is 111 Å². The number of allylic oxidation sites excluding steroid dienone is 1. The predicted octanol–water partition coefficient (Wildman–Crippen LogP) is 6.21. The standard InChI is InChI=1S/C29H27N9S/c1-16(2)24-6-7-25(39-24)28-27-21(8-9-31-28)34-29(35-27)26-20-11-22(32-14-23(20)36-37-26)18-10-19(13-30-12-18)33-17(3)15-38(4)5/h6-14,33H,1,3,15H2,2,4-5H3,(H,34,35)(H,36,37). The summed E-state index contributed by atoms with van der Waals surface area (Å²) in [5, 5.41) is 11.9. The second kappa shape index (κ2) is 9.90. The lowest BCUT2D eigenvalue weighted by molar-refractivity contribution is 0.447. The highest BCUT2D eigenvalue weighted by atomic mass is 32.1. The molecule has 0 bridgehead atoms. The largest absolute Gasteiger partial charge is 0.357 e. The van der Waals surface area contributed by atoms with E-state index in [1.165, 1.54) is 0 Å². The van der Waals surface area contributed by atoms with Gasteiger partial charge in [-0.2, -0.15) is 5.10 Å². The van der Waals surface area contributed by atoms with Crippen LogP contribution in [0.4, 0.5) is 5.69 Å². The first-order valence-electron chi connectivity index (χ1n) is 12.4. The summed E-state index contributed by atoms with van der Waals surface area (Å²) >= 11 is 1.66. The van der Waals surface area contributed by atoms with E-state index in [2.05, 4.69) is 65.6 Å². The van der Waals surface area contributed by atoms with Gasteiger partial charge in [0.2, 0.25) is 0 Å². The molecular weight excluding hydrogens is 506 g/mol. The van der Waals surface area contributed by atoms with Crippen molar-refractivity contribution in [2.75, 3.05) is 26.0 Å². The summed E-state index contributed by atoms with van der Waals surface area (Å²) in [4.78, 5) is 26.3. The van der Waals surface area contributed by atoms with Crippen LogP contribution in [0.5, 0.6) is 0 Å². The van der Waals surface area contributed by atoms with E-state index in [1.54, 1.807) is 36.1 Å². The Bertz CT molecular complexity index is 1860. The molecular formula is C29H27N9S. The first-order valence-corrected chi connectivity index (χ1v) is 13.2. The van der Waals surface area contributed by atoms with Gasteiger partial charge in [0, 0.05) is 40.5 Å². The number of likely N-dealkylation sites (N-methyl/N-ethyl adjacent to an activating group) is 1. The molecule has 39 heavy (non-hydrogen) atoms.